The molecule has 1 aromatic carbocycles. The van der Waals surface area contributed by atoms with Crippen LogP contribution in [0.5, 0.6) is 0 Å². The Morgan fingerprint density at radius 2 is 2.19 bits per heavy atom. The van der Waals surface area contributed by atoms with Crippen LogP contribution < -0.4 is 5.32 Å². The molecule has 0 aliphatic carbocycles. The van der Waals surface area contributed by atoms with E-state index in [1.54, 1.807) is 7.11 Å². The Bertz CT molecular complexity index is 369. The van der Waals surface area contributed by atoms with Crippen molar-refractivity contribution >= 4 is 5.69 Å². The minimum Gasteiger partial charge on any atom is -0.385 e. The molecule has 16 heavy (non-hydrogen) atoms. The number of unbranched alkanes of at least 4 members (excludes halogenated alkanes) is 1. The van der Waals surface area contributed by atoms with E-state index in [1.807, 2.05) is 25.1 Å². The van der Waals surface area contributed by atoms with Gasteiger partial charge in [-0.15, -0.1) is 0 Å². The molecule has 1 N–H and O–H groups in total. The number of benzene rings is 1. The largest absolute Gasteiger partial charge is 0.385 e. The molecule has 0 fully saturated rings. The van der Waals surface area contributed by atoms with Crippen LogP contribution in [0.2, 0.25) is 0 Å². The second-order valence-electron chi connectivity index (χ2n) is 3.77. The summed E-state index contributed by atoms with van der Waals surface area (Å²) in [6, 6.07) is 7.85. The van der Waals surface area contributed by atoms with Gasteiger partial charge in [-0.2, -0.15) is 5.26 Å². The van der Waals surface area contributed by atoms with Gasteiger partial charge in [-0.3, -0.25) is 0 Å². The van der Waals surface area contributed by atoms with Gasteiger partial charge in [0.25, 0.3) is 0 Å². The van der Waals surface area contributed by atoms with Crippen LogP contribution in [0.3, 0.4) is 0 Å². The molecule has 3 nitrogen and oxygen atoms in total. The van der Waals surface area contributed by atoms with E-state index in [9.17, 15) is 0 Å². The van der Waals surface area contributed by atoms with Crippen LogP contribution in [-0.4, -0.2) is 20.3 Å². The third-order valence-corrected chi connectivity index (χ3v) is 2.46. The van der Waals surface area contributed by atoms with Gasteiger partial charge in [-0.1, -0.05) is 6.07 Å². The van der Waals surface area contributed by atoms with Gasteiger partial charge in [0.15, 0.2) is 0 Å². The molecule has 1 rings (SSSR count). The normalized spacial score (nSPS) is 9.81. The summed E-state index contributed by atoms with van der Waals surface area (Å²) < 4.78 is 4.98. The maximum atomic E-state index is 8.80. The number of hydrogen-bond donors (Lipinski definition) is 1. The summed E-state index contributed by atoms with van der Waals surface area (Å²) in [6.07, 6.45) is 2.13. The predicted octanol–water partition coefficient (Wildman–Crippen LogP) is 2.71. The van der Waals surface area contributed by atoms with Gasteiger partial charge in [-0.25, -0.2) is 0 Å². The van der Waals surface area contributed by atoms with Gasteiger partial charge < -0.3 is 10.1 Å². The van der Waals surface area contributed by atoms with E-state index in [0.29, 0.717) is 5.56 Å². The number of nitrogens with zero attached hydrogens (tertiary/aromatic N) is 1. The predicted molar refractivity (Wildman–Crippen MR) is 65.5 cm³/mol. The van der Waals surface area contributed by atoms with E-state index >= 15 is 0 Å². The molecule has 0 bridgehead atoms. The number of nitriles is 1. The Kier molecular flexibility index (Phi) is 5.38. The lowest BCUT2D eigenvalue weighted by Gasteiger charge is -2.09. The highest BCUT2D eigenvalue weighted by Gasteiger charge is 1.99. The summed E-state index contributed by atoms with van der Waals surface area (Å²) in [5.41, 5.74) is 2.92. The van der Waals surface area contributed by atoms with Crippen molar-refractivity contribution in [3.8, 4) is 6.07 Å². The molecule has 0 atom stereocenters. The Morgan fingerprint density at radius 3 is 2.88 bits per heavy atom. The lowest BCUT2D eigenvalue weighted by molar-refractivity contribution is 0.194. The highest BCUT2D eigenvalue weighted by Crippen LogP contribution is 2.16. The standard InChI is InChI=1S/C13H18N2O/c1-11-5-6-12(10-14)9-13(11)15-7-3-4-8-16-2/h5-6,9,15H,3-4,7-8H2,1-2H3. The first-order valence-corrected chi connectivity index (χ1v) is 5.51. The maximum absolute atomic E-state index is 8.80. The van der Waals surface area contributed by atoms with Crippen molar-refractivity contribution in [2.24, 2.45) is 0 Å². The van der Waals surface area contributed by atoms with E-state index in [2.05, 4.69) is 11.4 Å². The number of ether oxygens (including phenoxy) is 1. The fourth-order valence-electron chi connectivity index (χ4n) is 1.48. The zero-order valence-corrected chi connectivity index (χ0v) is 9.92. The molecule has 0 saturated carbocycles. The fraction of sp³-hybridized carbons (Fsp3) is 0.462. The molecule has 86 valence electrons. The molecule has 0 aromatic heterocycles. The molecule has 0 saturated heterocycles. The molecule has 0 aliphatic rings. The molecular weight excluding hydrogens is 200 g/mol. The second kappa shape index (κ2) is 6.86. The number of aryl methyl sites for hydroxylation is 1. The molecule has 0 heterocycles. The van der Waals surface area contributed by atoms with Gasteiger partial charge in [0.1, 0.15) is 0 Å². The van der Waals surface area contributed by atoms with E-state index in [0.717, 1.165) is 31.7 Å². The van der Waals surface area contributed by atoms with Crippen LogP contribution >= 0.6 is 0 Å². The lowest BCUT2D eigenvalue weighted by Crippen LogP contribution is -2.04. The van der Waals surface area contributed by atoms with Crippen LogP contribution in [-0.2, 0) is 4.74 Å². The van der Waals surface area contributed by atoms with Gasteiger partial charge in [0, 0.05) is 25.9 Å². The summed E-state index contributed by atoms with van der Waals surface area (Å²) in [5, 5.41) is 12.1. The van der Waals surface area contributed by atoms with Gasteiger partial charge in [0.05, 0.1) is 11.6 Å². The highest BCUT2D eigenvalue weighted by molar-refractivity contribution is 5.55. The van der Waals surface area contributed by atoms with Crippen LogP contribution in [0.4, 0.5) is 5.69 Å². The quantitative estimate of drug-likeness (QED) is 0.747. The molecule has 0 amide bonds. The number of rotatable bonds is 6. The molecule has 0 aliphatic heterocycles. The Morgan fingerprint density at radius 1 is 1.38 bits per heavy atom. The van der Waals surface area contributed by atoms with Crippen LogP contribution in [0.15, 0.2) is 18.2 Å². The van der Waals surface area contributed by atoms with Crippen LogP contribution in [0.1, 0.15) is 24.0 Å². The number of anilines is 1. The van der Waals surface area contributed by atoms with E-state index in [1.165, 1.54) is 5.56 Å². The average molecular weight is 218 g/mol. The number of methoxy groups -OCH3 is 1. The van der Waals surface area contributed by atoms with E-state index in [-0.39, 0.29) is 0 Å². The summed E-state index contributed by atoms with van der Waals surface area (Å²) in [5.74, 6) is 0. The Labute approximate surface area is 97.0 Å². The summed E-state index contributed by atoms with van der Waals surface area (Å²) in [7, 11) is 1.72. The Hall–Kier alpha value is -1.53. The highest BCUT2D eigenvalue weighted by atomic mass is 16.5. The average Bonchev–Trinajstić information content (AvgIpc) is 2.31. The van der Waals surface area contributed by atoms with Gasteiger partial charge in [0.2, 0.25) is 0 Å². The zero-order chi connectivity index (χ0) is 11.8. The Balaban J connectivity index is 2.44. The molecule has 3 heteroatoms. The van der Waals surface area contributed by atoms with Crippen LogP contribution in [0, 0.1) is 18.3 Å². The summed E-state index contributed by atoms with van der Waals surface area (Å²) in [4.78, 5) is 0. The summed E-state index contributed by atoms with van der Waals surface area (Å²) >= 11 is 0. The number of nitrogens with one attached hydrogen (secondary N) is 1. The summed E-state index contributed by atoms with van der Waals surface area (Å²) in [6.45, 7) is 3.76. The first-order chi connectivity index (χ1) is 7.77. The third kappa shape index (κ3) is 3.92. The first-order valence-electron chi connectivity index (χ1n) is 5.51. The number of hydrogen-bond acceptors (Lipinski definition) is 3. The van der Waals surface area contributed by atoms with Crippen molar-refractivity contribution in [3.63, 3.8) is 0 Å². The van der Waals surface area contributed by atoms with Crippen molar-refractivity contribution in [1.29, 1.82) is 5.26 Å². The zero-order valence-electron chi connectivity index (χ0n) is 9.92. The minimum atomic E-state index is 0.699. The van der Waals surface area contributed by atoms with Crippen molar-refractivity contribution in [2.45, 2.75) is 19.8 Å². The molecular formula is C13H18N2O. The molecule has 0 radical (unpaired) electrons. The van der Waals surface area contributed by atoms with Crippen molar-refractivity contribution < 1.29 is 4.74 Å². The maximum Gasteiger partial charge on any atom is 0.0992 e. The van der Waals surface area contributed by atoms with Crippen molar-refractivity contribution in [1.82, 2.24) is 0 Å². The molecule has 0 spiro atoms. The minimum absolute atomic E-state index is 0.699. The fourth-order valence-corrected chi connectivity index (χ4v) is 1.48. The van der Waals surface area contributed by atoms with Crippen LogP contribution in [0.25, 0.3) is 0 Å². The second-order valence-corrected chi connectivity index (χ2v) is 3.77. The van der Waals surface area contributed by atoms with E-state index in [4.69, 9.17) is 10.00 Å². The van der Waals surface area contributed by atoms with Crippen molar-refractivity contribution in [3.05, 3.63) is 29.3 Å². The topological polar surface area (TPSA) is 45.0 Å². The molecule has 1 aromatic rings. The molecule has 0 unspecified atom stereocenters. The van der Waals surface area contributed by atoms with Crippen molar-refractivity contribution in [2.75, 3.05) is 25.6 Å². The van der Waals surface area contributed by atoms with Gasteiger partial charge in [-0.05, 0) is 37.5 Å². The van der Waals surface area contributed by atoms with E-state index < -0.39 is 0 Å². The first kappa shape index (κ1) is 12.5. The third-order valence-electron chi connectivity index (χ3n) is 2.46. The SMILES string of the molecule is COCCCCNc1cc(C#N)ccc1C. The smallest absolute Gasteiger partial charge is 0.0992 e. The monoisotopic (exact) mass is 218 g/mol. The van der Waals surface area contributed by atoms with Gasteiger partial charge >= 0.3 is 0 Å². The lowest BCUT2D eigenvalue weighted by atomic mass is 10.1.